The monoisotopic (exact) mass is 447 g/mol. The fourth-order valence-corrected chi connectivity index (χ4v) is 3.27. The predicted molar refractivity (Wildman–Crippen MR) is 121 cm³/mol. The van der Waals surface area contributed by atoms with Crippen molar-refractivity contribution in [1.29, 1.82) is 0 Å². The first-order valence-electron chi connectivity index (χ1n) is 9.48. The van der Waals surface area contributed by atoms with Crippen molar-refractivity contribution in [2.75, 3.05) is 11.1 Å². The number of aromatic nitrogens is 5. The molecule has 8 nitrogen and oxygen atoms in total. The van der Waals surface area contributed by atoms with Gasteiger partial charge in [-0.1, -0.05) is 11.6 Å². The summed E-state index contributed by atoms with van der Waals surface area (Å²) in [5.41, 5.74) is 8.25. The molecule has 5 rings (SSSR count). The van der Waals surface area contributed by atoms with Crippen LogP contribution < -0.4 is 15.8 Å². The Balaban J connectivity index is 1.39. The Morgan fingerprint density at radius 3 is 2.72 bits per heavy atom. The van der Waals surface area contributed by atoms with Crippen molar-refractivity contribution in [2.24, 2.45) is 0 Å². The van der Waals surface area contributed by atoms with Gasteiger partial charge in [-0.25, -0.2) is 19.3 Å². The predicted octanol–water partition coefficient (Wildman–Crippen LogP) is 5.33. The van der Waals surface area contributed by atoms with E-state index < -0.39 is 5.82 Å². The van der Waals surface area contributed by atoms with Crippen LogP contribution in [-0.2, 0) is 0 Å². The average Bonchev–Trinajstić information content (AvgIpc) is 3.26. The summed E-state index contributed by atoms with van der Waals surface area (Å²) in [5, 5.41) is 4.17. The van der Waals surface area contributed by atoms with Crippen LogP contribution in [-0.4, -0.2) is 24.9 Å². The van der Waals surface area contributed by atoms with Gasteiger partial charge in [0.1, 0.15) is 22.4 Å². The number of nitrogens with one attached hydrogen (secondary N) is 2. The van der Waals surface area contributed by atoms with Crippen LogP contribution in [0.15, 0.2) is 67.1 Å². The van der Waals surface area contributed by atoms with Crippen LogP contribution in [0.25, 0.3) is 22.3 Å². The highest BCUT2D eigenvalue weighted by Crippen LogP contribution is 2.32. The van der Waals surface area contributed by atoms with Crippen molar-refractivity contribution in [1.82, 2.24) is 24.9 Å². The second-order valence-corrected chi connectivity index (χ2v) is 7.17. The van der Waals surface area contributed by atoms with Crippen LogP contribution in [0.2, 0.25) is 5.15 Å². The molecule has 0 radical (unpaired) electrons. The van der Waals surface area contributed by atoms with E-state index in [-0.39, 0.29) is 11.7 Å². The molecule has 0 spiro atoms. The first-order chi connectivity index (χ1) is 15.5. The number of halogens is 2. The van der Waals surface area contributed by atoms with Gasteiger partial charge in [0.05, 0.1) is 11.1 Å². The molecule has 0 fully saturated rings. The molecular formula is C22H15ClFN7O. The molecular weight excluding hydrogens is 433 g/mol. The molecule has 0 amide bonds. The molecule has 0 bridgehead atoms. The molecule has 4 heterocycles. The zero-order valence-corrected chi connectivity index (χ0v) is 17.1. The lowest BCUT2D eigenvalue weighted by Crippen LogP contribution is -2.02. The first kappa shape index (κ1) is 19.7. The number of ether oxygens (including phenoxy) is 1. The highest BCUT2D eigenvalue weighted by Gasteiger charge is 2.11. The second-order valence-electron chi connectivity index (χ2n) is 6.79. The zero-order valence-electron chi connectivity index (χ0n) is 16.4. The van der Waals surface area contributed by atoms with E-state index in [1.165, 1.54) is 12.1 Å². The summed E-state index contributed by atoms with van der Waals surface area (Å²) in [6.07, 6.45) is 4.92. The van der Waals surface area contributed by atoms with Gasteiger partial charge in [0, 0.05) is 42.0 Å². The maximum Gasteiger partial charge on any atom is 0.222 e. The summed E-state index contributed by atoms with van der Waals surface area (Å²) < 4.78 is 20.5. The van der Waals surface area contributed by atoms with Crippen LogP contribution in [0.4, 0.5) is 21.8 Å². The van der Waals surface area contributed by atoms with Crippen LogP contribution in [0, 0.1) is 5.82 Å². The van der Waals surface area contributed by atoms with E-state index in [1.807, 2.05) is 6.07 Å². The number of nitrogen functional groups attached to an aromatic ring is 1. The summed E-state index contributed by atoms with van der Waals surface area (Å²) in [6.45, 7) is 0. The van der Waals surface area contributed by atoms with Gasteiger partial charge in [0.25, 0.3) is 0 Å². The summed E-state index contributed by atoms with van der Waals surface area (Å²) in [4.78, 5) is 19.6. The molecule has 0 atom stereocenters. The average molecular weight is 448 g/mol. The molecule has 10 heteroatoms. The summed E-state index contributed by atoms with van der Waals surface area (Å²) in [6, 6.07) is 13.1. The molecule has 4 N–H and O–H groups in total. The number of hydrogen-bond donors (Lipinski definition) is 3. The maximum absolute atomic E-state index is 14.8. The molecule has 32 heavy (non-hydrogen) atoms. The van der Waals surface area contributed by atoms with Gasteiger partial charge < -0.3 is 20.8 Å². The summed E-state index contributed by atoms with van der Waals surface area (Å²) in [5.74, 6) is 0.506. The van der Waals surface area contributed by atoms with Crippen LogP contribution >= 0.6 is 11.6 Å². The number of nitrogens with two attached hydrogens (primary N) is 1. The van der Waals surface area contributed by atoms with E-state index in [2.05, 4.69) is 30.2 Å². The molecule has 5 aromatic rings. The second kappa shape index (κ2) is 8.12. The minimum absolute atomic E-state index is 0.0635. The first-order valence-corrected chi connectivity index (χ1v) is 9.86. The highest BCUT2D eigenvalue weighted by atomic mass is 35.5. The van der Waals surface area contributed by atoms with E-state index in [0.717, 1.165) is 10.9 Å². The lowest BCUT2D eigenvalue weighted by atomic mass is 10.2. The summed E-state index contributed by atoms with van der Waals surface area (Å²) in [7, 11) is 0. The molecule has 0 aliphatic carbocycles. The number of benzene rings is 1. The minimum Gasteiger partial charge on any atom is -0.453 e. The van der Waals surface area contributed by atoms with Gasteiger partial charge in [-0.2, -0.15) is 4.98 Å². The molecule has 1 aromatic carbocycles. The fraction of sp³-hybridized carbons (Fsp3) is 0. The largest absolute Gasteiger partial charge is 0.453 e. The highest BCUT2D eigenvalue weighted by molar-refractivity contribution is 6.29. The number of aromatic amines is 1. The third-order valence-corrected chi connectivity index (χ3v) is 4.83. The number of nitrogens with zero attached hydrogens (tertiary/aromatic N) is 4. The SMILES string of the molecule is Nc1nc(Nc2ccc(Oc3ccnc4[nH]ccc34)c(F)c2)cc(-c2ccc(Cl)nc2)n1. The number of fused-ring (bicyclic) bond motifs is 1. The van der Waals surface area contributed by atoms with Crippen LogP contribution in [0.5, 0.6) is 11.5 Å². The van der Waals surface area contributed by atoms with Crippen molar-refractivity contribution < 1.29 is 9.13 Å². The van der Waals surface area contributed by atoms with Crippen molar-refractivity contribution in [3.63, 3.8) is 0 Å². The Labute approximate surface area is 186 Å². The molecule has 0 aliphatic rings. The Hall–Kier alpha value is -4.24. The van der Waals surface area contributed by atoms with Crippen LogP contribution in [0.3, 0.4) is 0 Å². The standard InChI is InChI=1S/C22H15ClFN7O/c23-19-4-1-12(11-28-19)16-10-20(31-22(25)30-16)29-13-2-3-18(15(24)9-13)32-17-6-8-27-21-14(17)5-7-26-21/h1-11H,(H,26,27)(H3,25,29,30,31). The van der Waals surface area contributed by atoms with Crippen LogP contribution in [0.1, 0.15) is 0 Å². The van der Waals surface area contributed by atoms with Gasteiger partial charge in [0.15, 0.2) is 11.6 Å². The maximum atomic E-state index is 14.8. The molecule has 0 saturated carbocycles. The van der Waals surface area contributed by atoms with E-state index in [0.29, 0.717) is 33.7 Å². The Morgan fingerprint density at radius 1 is 1.00 bits per heavy atom. The van der Waals surface area contributed by atoms with Gasteiger partial charge >= 0.3 is 0 Å². The molecule has 158 valence electrons. The van der Waals surface area contributed by atoms with E-state index >= 15 is 0 Å². The number of pyridine rings is 2. The topological polar surface area (TPSA) is 115 Å². The normalized spacial score (nSPS) is 10.9. The van der Waals surface area contributed by atoms with Crippen molar-refractivity contribution in [3.05, 3.63) is 78.1 Å². The summed E-state index contributed by atoms with van der Waals surface area (Å²) >= 11 is 5.84. The lowest BCUT2D eigenvalue weighted by Gasteiger charge is -2.11. The van der Waals surface area contributed by atoms with Gasteiger partial charge in [-0.05, 0) is 36.4 Å². The molecule has 4 aromatic heterocycles. The molecule has 0 unspecified atom stereocenters. The van der Waals surface area contributed by atoms with E-state index in [1.54, 1.807) is 48.9 Å². The van der Waals surface area contributed by atoms with E-state index in [9.17, 15) is 4.39 Å². The Bertz CT molecular complexity index is 1420. The molecule has 0 aliphatic heterocycles. The number of H-pyrrole nitrogens is 1. The lowest BCUT2D eigenvalue weighted by molar-refractivity contribution is 0.446. The number of hydrogen-bond acceptors (Lipinski definition) is 7. The third-order valence-electron chi connectivity index (χ3n) is 4.61. The van der Waals surface area contributed by atoms with Gasteiger partial charge in [-0.15, -0.1) is 0 Å². The van der Waals surface area contributed by atoms with Gasteiger partial charge in [-0.3, -0.25) is 0 Å². The number of rotatable bonds is 5. The van der Waals surface area contributed by atoms with Gasteiger partial charge in [0.2, 0.25) is 5.95 Å². The fourth-order valence-electron chi connectivity index (χ4n) is 3.16. The Morgan fingerprint density at radius 2 is 1.91 bits per heavy atom. The smallest absolute Gasteiger partial charge is 0.222 e. The third kappa shape index (κ3) is 4.01. The van der Waals surface area contributed by atoms with Crippen molar-refractivity contribution in [3.8, 4) is 22.8 Å². The van der Waals surface area contributed by atoms with E-state index in [4.69, 9.17) is 22.1 Å². The minimum atomic E-state index is -0.542. The van der Waals surface area contributed by atoms with Crippen molar-refractivity contribution in [2.45, 2.75) is 0 Å². The zero-order chi connectivity index (χ0) is 22.1. The quantitative estimate of drug-likeness (QED) is 0.312. The van der Waals surface area contributed by atoms with Crippen molar-refractivity contribution >= 4 is 40.1 Å². The Kier molecular flexibility index (Phi) is 5.00. The molecule has 0 saturated heterocycles. The number of anilines is 3.